The molecule has 8 nitrogen and oxygen atoms in total. The van der Waals surface area contributed by atoms with Gasteiger partial charge in [0.25, 0.3) is 0 Å². The van der Waals surface area contributed by atoms with Crippen LogP contribution in [0.3, 0.4) is 0 Å². The van der Waals surface area contributed by atoms with Crippen molar-refractivity contribution in [1.82, 2.24) is 10.3 Å². The highest BCUT2D eigenvalue weighted by Gasteiger charge is 2.34. The van der Waals surface area contributed by atoms with Gasteiger partial charge in [-0.3, -0.25) is 15.5 Å². The summed E-state index contributed by atoms with van der Waals surface area (Å²) in [7, 11) is 2.87. The largest absolute Gasteiger partial charge is 0.482 e. The number of carbonyl (C=O) groups excluding carboxylic acids is 1. The lowest BCUT2D eigenvalue weighted by Crippen LogP contribution is -2.22. The van der Waals surface area contributed by atoms with Crippen molar-refractivity contribution >= 4 is 18.7 Å². The van der Waals surface area contributed by atoms with E-state index in [1.54, 1.807) is 31.2 Å². The highest BCUT2D eigenvalue weighted by atomic mass is 19.4. The van der Waals surface area contributed by atoms with Gasteiger partial charge in [0.2, 0.25) is 0 Å². The maximum absolute atomic E-state index is 13.3. The first kappa shape index (κ1) is 34.3. The van der Waals surface area contributed by atoms with Crippen LogP contribution in [-0.2, 0) is 0 Å². The molecule has 1 aliphatic rings. The Bertz CT molecular complexity index is 1300. The van der Waals surface area contributed by atoms with Crippen LogP contribution < -0.4 is 20.5 Å². The number of nitrogens with one attached hydrogen (secondary N) is 1. The lowest BCUT2D eigenvalue weighted by atomic mass is 9.96. The summed E-state index contributed by atoms with van der Waals surface area (Å²) in [6.07, 6.45) is -1.49. The summed E-state index contributed by atoms with van der Waals surface area (Å²) in [6.45, 7) is 4.47. The maximum atomic E-state index is 13.3. The molecule has 0 spiro atoms. The molecule has 0 bridgehead atoms. The molecular weight excluding hydrogens is 556 g/mol. The summed E-state index contributed by atoms with van der Waals surface area (Å²) in [5.41, 5.74) is 8.56. The average molecular weight is 593 g/mol. The molecule has 4 N–H and O–H groups in total. The van der Waals surface area contributed by atoms with E-state index in [4.69, 9.17) is 20.3 Å². The van der Waals surface area contributed by atoms with Crippen LogP contribution >= 0.6 is 0 Å². The Morgan fingerprint density at radius 2 is 1.83 bits per heavy atom. The molecule has 1 aromatic heterocycles. The fourth-order valence-corrected chi connectivity index (χ4v) is 4.19. The molecule has 228 valence electrons. The molecule has 1 fully saturated rings. The molecule has 0 aliphatic heterocycles. The second-order valence-electron chi connectivity index (χ2n) is 9.27. The van der Waals surface area contributed by atoms with Crippen LogP contribution in [0, 0.1) is 18.7 Å². The summed E-state index contributed by atoms with van der Waals surface area (Å²) in [5, 5.41) is 10.2. The molecule has 0 radical (unpaired) electrons. The third kappa shape index (κ3) is 10.2. The lowest BCUT2D eigenvalue weighted by molar-refractivity contribution is -0.153. The predicted molar refractivity (Wildman–Crippen MR) is 154 cm³/mol. The van der Waals surface area contributed by atoms with Crippen molar-refractivity contribution < 1.29 is 36.9 Å². The van der Waals surface area contributed by atoms with Gasteiger partial charge >= 0.3 is 6.18 Å². The Labute approximate surface area is 242 Å². The lowest BCUT2D eigenvalue weighted by Gasteiger charge is -2.21. The Morgan fingerprint density at radius 1 is 1.17 bits per heavy atom. The number of aliphatic hydroxyl groups excluding tert-OH is 1. The SMILES string of the molecule is C=Nc1ccc(C=O)cc1OCN.CNCC(c1cc(C)c(OCC(F)(F)F)c(-c2ccc(F)cc2)n1)C1CC1.CO. The fraction of sp³-hybridized carbons (Fsp3) is 0.367. The number of aldehydes is 1. The predicted octanol–water partition coefficient (Wildman–Crippen LogP) is 5.58. The van der Waals surface area contributed by atoms with Gasteiger partial charge in [-0.25, -0.2) is 9.37 Å². The zero-order valence-electron chi connectivity index (χ0n) is 23.7. The summed E-state index contributed by atoms with van der Waals surface area (Å²) in [6, 6.07) is 12.2. The van der Waals surface area contributed by atoms with Gasteiger partial charge in [0, 0.05) is 36.4 Å². The van der Waals surface area contributed by atoms with Crippen molar-refractivity contribution in [3.8, 4) is 22.8 Å². The van der Waals surface area contributed by atoms with E-state index in [0.717, 1.165) is 38.5 Å². The number of aliphatic hydroxyl groups is 1. The Kier molecular flexibility index (Phi) is 13.5. The number of halogens is 4. The van der Waals surface area contributed by atoms with E-state index in [1.807, 2.05) is 7.05 Å². The van der Waals surface area contributed by atoms with Crippen LogP contribution in [0.4, 0.5) is 23.2 Å². The quantitative estimate of drug-likeness (QED) is 0.115. The van der Waals surface area contributed by atoms with Crippen molar-refractivity contribution in [3.05, 3.63) is 71.2 Å². The molecule has 0 saturated heterocycles. The zero-order valence-corrected chi connectivity index (χ0v) is 23.7. The van der Waals surface area contributed by atoms with Gasteiger partial charge in [-0.05, 0) is 93.5 Å². The van der Waals surface area contributed by atoms with Crippen LogP contribution in [0.2, 0.25) is 0 Å². The molecule has 0 amide bonds. The molecule has 1 heterocycles. The summed E-state index contributed by atoms with van der Waals surface area (Å²) >= 11 is 0. The normalized spacial score (nSPS) is 13.1. The molecule has 42 heavy (non-hydrogen) atoms. The van der Waals surface area contributed by atoms with E-state index in [0.29, 0.717) is 39.7 Å². The smallest absolute Gasteiger partial charge is 0.422 e. The molecule has 3 aromatic rings. The van der Waals surface area contributed by atoms with Gasteiger partial charge < -0.3 is 19.9 Å². The van der Waals surface area contributed by atoms with Crippen LogP contribution in [0.5, 0.6) is 11.5 Å². The first-order valence-corrected chi connectivity index (χ1v) is 13.0. The van der Waals surface area contributed by atoms with Crippen molar-refractivity contribution in [2.45, 2.75) is 31.9 Å². The summed E-state index contributed by atoms with van der Waals surface area (Å²) in [4.78, 5) is 18.8. The number of aryl methyl sites for hydroxylation is 1. The van der Waals surface area contributed by atoms with Gasteiger partial charge in [-0.15, -0.1) is 0 Å². The molecule has 1 atom stereocenters. The highest BCUT2D eigenvalue weighted by Crippen LogP contribution is 2.44. The number of pyridine rings is 1. The molecule has 1 unspecified atom stereocenters. The van der Waals surface area contributed by atoms with Gasteiger partial charge in [0.15, 0.2) is 6.61 Å². The van der Waals surface area contributed by atoms with E-state index in [2.05, 4.69) is 22.0 Å². The van der Waals surface area contributed by atoms with Gasteiger partial charge in [-0.2, -0.15) is 13.2 Å². The molecular formula is C30H36F4N4O4. The van der Waals surface area contributed by atoms with Crippen molar-refractivity contribution in [2.75, 3.05) is 34.0 Å². The number of nitrogens with two attached hydrogens (primary N) is 1. The molecule has 1 aliphatic carbocycles. The van der Waals surface area contributed by atoms with Gasteiger partial charge in [0.1, 0.15) is 41.7 Å². The number of benzene rings is 2. The standard InChI is InChI=1S/C20H22F4N2O.C9H10N2O2.CH4O/c1-12-9-17(16(10-25-2)13-3-4-13)26-18(14-5-7-15(21)8-6-14)19(12)27-11-20(22,23)24;1-11-8-3-2-7(5-12)4-9(8)13-6-10;1-2/h5-9,13,16,25H,3-4,10-11H2,1-2H3;2-5H,1,6,10H2;2H,1H3. The minimum atomic E-state index is -4.45. The zero-order chi connectivity index (χ0) is 31.3. The monoisotopic (exact) mass is 592 g/mol. The van der Waals surface area contributed by atoms with E-state index >= 15 is 0 Å². The summed E-state index contributed by atoms with van der Waals surface area (Å²) < 4.78 is 61.5. The van der Waals surface area contributed by atoms with Crippen LogP contribution in [0.25, 0.3) is 11.3 Å². The average Bonchev–Trinajstić information content (AvgIpc) is 3.82. The van der Waals surface area contributed by atoms with Crippen molar-refractivity contribution in [1.29, 1.82) is 0 Å². The number of nitrogens with zero attached hydrogens (tertiary/aromatic N) is 2. The first-order chi connectivity index (χ1) is 20.1. The van der Waals surface area contributed by atoms with Gasteiger partial charge in [0.05, 0.1) is 0 Å². The molecule has 1 saturated carbocycles. The minimum Gasteiger partial charge on any atom is -0.482 e. The number of hydrogen-bond donors (Lipinski definition) is 3. The van der Waals surface area contributed by atoms with E-state index in [-0.39, 0.29) is 18.4 Å². The second kappa shape index (κ2) is 16.5. The first-order valence-electron chi connectivity index (χ1n) is 13.0. The van der Waals surface area contributed by atoms with E-state index in [1.165, 1.54) is 24.3 Å². The molecule has 2 aromatic carbocycles. The number of carbonyl (C=O) groups is 1. The Balaban J connectivity index is 0.000000345. The van der Waals surface area contributed by atoms with E-state index < -0.39 is 18.6 Å². The number of ether oxygens (including phenoxy) is 2. The number of likely N-dealkylation sites (N-methyl/N-ethyl adjacent to an activating group) is 1. The fourth-order valence-electron chi connectivity index (χ4n) is 4.19. The Morgan fingerprint density at radius 3 is 2.36 bits per heavy atom. The van der Waals surface area contributed by atoms with E-state index in [9.17, 15) is 22.4 Å². The number of hydrogen-bond acceptors (Lipinski definition) is 8. The third-order valence-electron chi connectivity index (χ3n) is 6.20. The van der Waals surface area contributed by atoms with Crippen LogP contribution in [0.1, 0.15) is 40.4 Å². The molecule has 4 rings (SSSR count). The number of aromatic nitrogens is 1. The number of aliphatic imine (C=N–C) groups is 1. The maximum Gasteiger partial charge on any atom is 0.422 e. The number of rotatable bonds is 11. The Hall–Kier alpha value is -3.87. The summed E-state index contributed by atoms with van der Waals surface area (Å²) in [5.74, 6) is 0.844. The third-order valence-corrected chi connectivity index (χ3v) is 6.20. The highest BCUT2D eigenvalue weighted by molar-refractivity contribution is 5.77. The topological polar surface area (TPSA) is 119 Å². The van der Waals surface area contributed by atoms with Crippen LogP contribution in [-0.4, -0.2) is 63.3 Å². The second-order valence-corrected chi connectivity index (χ2v) is 9.27. The number of alkyl halides is 3. The van der Waals surface area contributed by atoms with Crippen molar-refractivity contribution in [2.24, 2.45) is 16.6 Å². The van der Waals surface area contributed by atoms with Crippen molar-refractivity contribution in [3.63, 3.8) is 0 Å². The van der Waals surface area contributed by atoms with Gasteiger partial charge in [-0.1, -0.05) is 0 Å². The minimum absolute atomic E-state index is 0.0465. The molecule has 12 heteroatoms. The van der Waals surface area contributed by atoms with Crippen LogP contribution in [0.15, 0.2) is 53.5 Å².